The molecule has 0 heterocycles. The van der Waals surface area contributed by atoms with Crippen molar-refractivity contribution in [1.29, 1.82) is 0 Å². The van der Waals surface area contributed by atoms with Gasteiger partial charge in [-0.2, -0.15) is 0 Å². The quantitative estimate of drug-likeness (QED) is 0.209. The molecular weight excluding hydrogens is 480 g/mol. The molecule has 0 unspecified atom stereocenters. The van der Waals surface area contributed by atoms with Crippen LogP contribution in [0.5, 0.6) is 0 Å². The Morgan fingerprint density at radius 3 is 1.45 bits per heavy atom. The van der Waals surface area contributed by atoms with Crippen molar-refractivity contribution in [2.75, 3.05) is 0 Å². The molecule has 0 saturated heterocycles. The van der Waals surface area contributed by atoms with Gasteiger partial charge in [-0.05, 0) is 101 Å². The van der Waals surface area contributed by atoms with E-state index in [2.05, 4.69) is 158 Å². The molecule has 0 atom stereocenters. The first-order valence-corrected chi connectivity index (χ1v) is 13.8. The first-order chi connectivity index (χ1) is 19.8. The summed E-state index contributed by atoms with van der Waals surface area (Å²) in [6.45, 7) is 0. The maximum absolute atomic E-state index is 2.32. The van der Waals surface area contributed by atoms with Crippen LogP contribution < -0.4 is 0 Å². The normalized spacial score (nSPS) is 11.5. The van der Waals surface area contributed by atoms with E-state index in [9.17, 15) is 0 Å². The Balaban J connectivity index is 1.16. The Labute approximate surface area is 233 Å². The van der Waals surface area contributed by atoms with E-state index in [1.807, 2.05) is 0 Å². The average Bonchev–Trinajstić information content (AvgIpc) is 3.03. The highest BCUT2D eigenvalue weighted by Gasteiger charge is 2.08. The molecule has 8 rings (SSSR count). The van der Waals surface area contributed by atoms with Crippen LogP contribution in [0.3, 0.4) is 0 Å². The Morgan fingerprint density at radius 1 is 0.225 bits per heavy atom. The van der Waals surface area contributed by atoms with Crippen LogP contribution in [0.4, 0.5) is 0 Å². The summed E-state index contributed by atoms with van der Waals surface area (Å²) in [7, 11) is 0. The van der Waals surface area contributed by atoms with Gasteiger partial charge in [0.2, 0.25) is 0 Å². The van der Waals surface area contributed by atoms with Gasteiger partial charge >= 0.3 is 0 Å². The molecule has 0 N–H and O–H groups in total. The second-order valence-corrected chi connectivity index (χ2v) is 10.6. The number of hydrogen-bond donors (Lipinski definition) is 0. The molecular formula is C40H26. The van der Waals surface area contributed by atoms with Crippen LogP contribution in [0, 0.1) is 0 Å². The van der Waals surface area contributed by atoms with E-state index < -0.39 is 0 Å². The Kier molecular flexibility index (Phi) is 5.24. The van der Waals surface area contributed by atoms with Gasteiger partial charge in [-0.15, -0.1) is 0 Å². The summed E-state index contributed by atoms with van der Waals surface area (Å²) in [6, 6.07) is 57.6. The van der Waals surface area contributed by atoms with E-state index in [-0.39, 0.29) is 0 Å². The zero-order valence-electron chi connectivity index (χ0n) is 22.0. The minimum Gasteiger partial charge on any atom is -0.0622 e. The lowest BCUT2D eigenvalue weighted by atomic mass is 9.93. The van der Waals surface area contributed by atoms with Crippen molar-refractivity contribution in [1.82, 2.24) is 0 Å². The molecule has 0 aromatic heterocycles. The predicted molar refractivity (Wildman–Crippen MR) is 173 cm³/mol. The molecule has 0 nitrogen and oxygen atoms in total. The number of rotatable bonds is 3. The SMILES string of the molecule is c1ccc(-c2ccc3c(ccc4cc(-c5ccc6cc(-c7cccc8ccccc78)ccc6c5)ccc43)c2)cc1. The van der Waals surface area contributed by atoms with Gasteiger partial charge in [-0.25, -0.2) is 0 Å². The molecule has 0 saturated carbocycles. The van der Waals surface area contributed by atoms with Crippen LogP contribution in [0.15, 0.2) is 158 Å². The molecule has 0 aliphatic carbocycles. The molecule has 0 aliphatic rings. The van der Waals surface area contributed by atoms with Crippen LogP contribution in [0.2, 0.25) is 0 Å². The lowest BCUT2D eigenvalue weighted by molar-refractivity contribution is 1.64. The Morgan fingerprint density at radius 2 is 0.725 bits per heavy atom. The fraction of sp³-hybridized carbons (Fsp3) is 0. The third-order valence-corrected chi connectivity index (χ3v) is 8.22. The first kappa shape index (κ1) is 22.8. The third kappa shape index (κ3) is 3.85. The van der Waals surface area contributed by atoms with Crippen molar-refractivity contribution >= 4 is 43.1 Å². The molecule has 0 radical (unpaired) electrons. The van der Waals surface area contributed by atoms with E-state index in [1.165, 1.54) is 76.5 Å². The largest absolute Gasteiger partial charge is 0.0622 e. The lowest BCUT2D eigenvalue weighted by Crippen LogP contribution is -1.85. The molecule has 40 heavy (non-hydrogen) atoms. The van der Waals surface area contributed by atoms with E-state index in [1.54, 1.807) is 0 Å². The van der Waals surface area contributed by atoms with Gasteiger partial charge in [-0.1, -0.05) is 133 Å². The monoisotopic (exact) mass is 506 g/mol. The van der Waals surface area contributed by atoms with Crippen LogP contribution in [0.1, 0.15) is 0 Å². The van der Waals surface area contributed by atoms with Crippen molar-refractivity contribution in [3.8, 4) is 33.4 Å². The summed E-state index contributed by atoms with van der Waals surface area (Å²) in [4.78, 5) is 0. The van der Waals surface area contributed by atoms with Gasteiger partial charge in [-0.3, -0.25) is 0 Å². The van der Waals surface area contributed by atoms with Crippen molar-refractivity contribution < 1.29 is 0 Å². The summed E-state index contributed by atoms with van der Waals surface area (Å²) >= 11 is 0. The Hall–Kier alpha value is -5.20. The summed E-state index contributed by atoms with van der Waals surface area (Å²) in [5.74, 6) is 0. The van der Waals surface area contributed by atoms with Crippen LogP contribution in [-0.2, 0) is 0 Å². The highest BCUT2D eigenvalue weighted by Crippen LogP contribution is 2.35. The van der Waals surface area contributed by atoms with Crippen LogP contribution in [0.25, 0.3) is 76.5 Å². The molecule has 0 spiro atoms. The topological polar surface area (TPSA) is 0 Å². The predicted octanol–water partition coefficient (Wildman–Crippen LogP) is 11.3. The number of benzene rings is 8. The summed E-state index contributed by atoms with van der Waals surface area (Å²) in [5.41, 5.74) is 7.52. The minimum absolute atomic E-state index is 1.24. The van der Waals surface area contributed by atoms with Gasteiger partial charge in [0.05, 0.1) is 0 Å². The fourth-order valence-electron chi connectivity index (χ4n) is 6.13. The van der Waals surface area contributed by atoms with Gasteiger partial charge in [0.15, 0.2) is 0 Å². The van der Waals surface area contributed by atoms with E-state index >= 15 is 0 Å². The molecule has 0 aliphatic heterocycles. The first-order valence-electron chi connectivity index (χ1n) is 13.8. The van der Waals surface area contributed by atoms with E-state index in [0.717, 1.165) is 0 Å². The molecule has 0 amide bonds. The van der Waals surface area contributed by atoms with E-state index in [4.69, 9.17) is 0 Å². The van der Waals surface area contributed by atoms with Crippen molar-refractivity contribution in [3.63, 3.8) is 0 Å². The highest BCUT2D eigenvalue weighted by molar-refractivity contribution is 6.09. The fourth-order valence-corrected chi connectivity index (χ4v) is 6.13. The number of hydrogen-bond acceptors (Lipinski definition) is 0. The minimum atomic E-state index is 1.24. The zero-order chi connectivity index (χ0) is 26.5. The van der Waals surface area contributed by atoms with Crippen molar-refractivity contribution in [2.45, 2.75) is 0 Å². The van der Waals surface area contributed by atoms with E-state index in [0.29, 0.717) is 0 Å². The third-order valence-electron chi connectivity index (χ3n) is 8.22. The molecule has 186 valence electrons. The second kappa shape index (κ2) is 9.22. The van der Waals surface area contributed by atoms with Gasteiger partial charge in [0, 0.05) is 0 Å². The van der Waals surface area contributed by atoms with Gasteiger partial charge in [0.1, 0.15) is 0 Å². The van der Waals surface area contributed by atoms with Gasteiger partial charge in [0.25, 0.3) is 0 Å². The zero-order valence-corrected chi connectivity index (χ0v) is 22.0. The maximum atomic E-state index is 2.32. The standard InChI is InChI=1S/C40H26/c1-2-7-27(8-3-1)29-19-21-39-35(24-29)17-18-36-26-33(20-22-40(36)39)30-13-14-32-25-34(16-15-31(32)23-30)38-12-6-10-28-9-4-5-11-37(28)38/h1-26H. The molecule has 0 fully saturated rings. The summed E-state index contributed by atoms with van der Waals surface area (Å²) in [5, 5.41) is 10.2. The van der Waals surface area contributed by atoms with Crippen LogP contribution >= 0.6 is 0 Å². The average molecular weight is 507 g/mol. The van der Waals surface area contributed by atoms with Crippen LogP contribution in [-0.4, -0.2) is 0 Å². The lowest BCUT2D eigenvalue weighted by Gasteiger charge is -2.11. The molecule has 0 heteroatoms. The second-order valence-electron chi connectivity index (χ2n) is 10.6. The highest BCUT2D eigenvalue weighted by atomic mass is 14.1. The molecule has 0 bridgehead atoms. The maximum Gasteiger partial charge on any atom is -0.0105 e. The Bertz CT molecular complexity index is 2200. The smallest absolute Gasteiger partial charge is 0.0105 e. The van der Waals surface area contributed by atoms with Crippen molar-refractivity contribution in [3.05, 3.63) is 158 Å². The molecule has 8 aromatic rings. The molecule has 8 aromatic carbocycles. The van der Waals surface area contributed by atoms with Gasteiger partial charge < -0.3 is 0 Å². The summed E-state index contributed by atoms with van der Waals surface area (Å²) in [6.07, 6.45) is 0. The van der Waals surface area contributed by atoms with Crippen molar-refractivity contribution in [2.24, 2.45) is 0 Å². The summed E-state index contributed by atoms with van der Waals surface area (Å²) < 4.78 is 0. The number of fused-ring (bicyclic) bond motifs is 5.